The Morgan fingerprint density at radius 2 is 1.97 bits per heavy atom. The number of rotatable bonds is 6. The first-order valence-corrected chi connectivity index (χ1v) is 11.0. The Bertz CT molecular complexity index is 999. The van der Waals surface area contributed by atoms with Crippen molar-refractivity contribution in [3.63, 3.8) is 0 Å². The number of amides is 2. The average Bonchev–Trinajstić information content (AvgIpc) is 2.74. The third-order valence-corrected chi connectivity index (χ3v) is 6.77. The standard InChI is InChI=1S/C20H23FN4O4S/c1-14(19(26)24-17-5-2-10-22-12-17)23-20(27)15-4-3-11-25(13-15)30(28,29)18-8-6-16(21)7-9-18/h2,5-10,12,14-15H,3-4,11,13H2,1H3,(H,23,27)(H,24,26)/t14-,15-/m0/s1. The highest BCUT2D eigenvalue weighted by Crippen LogP contribution is 2.24. The van der Waals surface area contributed by atoms with Crippen molar-refractivity contribution in [2.24, 2.45) is 5.92 Å². The predicted molar refractivity (Wildman–Crippen MR) is 108 cm³/mol. The van der Waals surface area contributed by atoms with Crippen molar-refractivity contribution in [3.8, 4) is 0 Å². The smallest absolute Gasteiger partial charge is 0.246 e. The lowest BCUT2D eigenvalue weighted by Crippen LogP contribution is -2.49. The van der Waals surface area contributed by atoms with Crippen molar-refractivity contribution in [2.45, 2.75) is 30.7 Å². The molecule has 0 spiro atoms. The fourth-order valence-corrected chi connectivity index (χ4v) is 4.74. The van der Waals surface area contributed by atoms with Crippen LogP contribution in [-0.4, -0.2) is 48.7 Å². The summed E-state index contributed by atoms with van der Waals surface area (Å²) in [4.78, 5) is 28.8. The van der Waals surface area contributed by atoms with Gasteiger partial charge in [0.15, 0.2) is 0 Å². The molecule has 1 aromatic carbocycles. The van der Waals surface area contributed by atoms with E-state index in [0.29, 0.717) is 18.5 Å². The molecule has 1 aliphatic heterocycles. The minimum Gasteiger partial charge on any atom is -0.344 e. The molecule has 160 valence electrons. The van der Waals surface area contributed by atoms with Gasteiger partial charge >= 0.3 is 0 Å². The number of carbonyl (C=O) groups excluding carboxylic acids is 2. The highest BCUT2D eigenvalue weighted by Gasteiger charge is 2.34. The van der Waals surface area contributed by atoms with Crippen molar-refractivity contribution in [3.05, 3.63) is 54.6 Å². The van der Waals surface area contributed by atoms with E-state index in [2.05, 4.69) is 15.6 Å². The first-order valence-electron chi connectivity index (χ1n) is 9.54. The maximum Gasteiger partial charge on any atom is 0.246 e. The van der Waals surface area contributed by atoms with E-state index >= 15 is 0 Å². The zero-order valence-corrected chi connectivity index (χ0v) is 17.2. The van der Waals surface area contributed by atoms with Gasteiger partial charge in [0.1, 0.15) is 11.9 Å². The molecule has 0 unspecified atom stereocenters. The van der Waals surface area contributed by atoms with Gasteiger partial charge in [0.05, 0.1) is 22.7 Å². The number of pyridine rings is 1. The van der Waals surface area contributed by atoms with Gasteiger partial charge in [0.2, 0.25) is 21.8 Å². The normalized spacial score (nSPS) is 18.4. The monoisotopic (exact) mass is 434 g/mol. The van der Waals surface area contributed by atoms with Gasteiger partial charge in [0, 0.05) is 19.3 Å². The van der Waals surface area contributed by atoms with Crippen LogP contribution >= 0.6 is 0 Å². The summed E-state index contributed by atoms with van der Waals surface area (Å²) in [6.07, 6.45) is 4.09. The number of hydrogen-bond acceptors (Lipinski definition) is 5. The fourth-order valence-electron chi connectivity index (χ4n) is 3.21. The van der Waals surface area contributed by atoms with Gasteiger partial charge in [-0.2, -0.15) is 4.31 Å². The second kappa shape index (κ2) is 9.31. The lowest BCUT2D eigenvalue weighted by Gasteiger charge is -2.31. The van der Waals surface area contributed by atoms with E-state index in [1.54, 1.807) is 25.3 Å². The maximum absolute atomic E-state index is 13.1. The quantitative estimate of drug-likeness (QED) is 0.720. The number of aromatic nitrogens is 1. The number of benzene rings is 1. The molecule has 2 amide bonds. The number of sulfonamides is 1. The van der Waals surface area contributed by atoms with Gasteiger partial charge in [-0.3, -0.25) is 14.6 Å². The van der Waals surface area contributed by atoms with E-state index in [9.17, 15) is 22.4 Å². The summed E-state index contributed by atoms with van der Waals surface area (Å²) in [6, 6.07) is 7.14. The van der Waals surface area contributed by atoms with Crippen LogP contribution in [0.2, 0.25) is 0 Å². The first kappa shape index (κ1) is 21.8. The molecule has 0 radical (unpaired) electrons. The third kappa shape index (κ3) is 5.19. The molecule has 2 aromatic rings. The molecule has 0 saturated carbocycles. The Labute approximate surface area is 174 Å². The number of anilines is 1. The van der Waals surface area contributed by atoms with Crippen molar-refractivity contribution < 1.29 is 22.4 Å². The predicted octanol–water partition coefficient (Wildman–Crippen LogP) is 1.76. The molecule has 30 heavy (non-hydrogen) atoms. The van der Waals surface area contributed by atoms with Gasteiger partial charge in [-0.15, -0.1) is 0 Å². The molecule has 2 heterocycles. The maximum atomic E-state index is 13.1. The largest absolute Gasteiger partial charge is 0.344 e. The number of piperidine rings is 1. The minimum absolute atomic E-state index is 0.00247. The lowest BCUT2D eigenvalue weighted by atomic mass is 9.98. The zero-order valence-electron chi connectivity index (χ0n) is 16.4. The van der Waals surface area contributed by atoms with Gasteiger partial charge in [-0.1, -0.05) is 0 Å². The topological polar surface area (TPSA) is 108 Å². The van der Waals surface area contributed by atoms with Crippen LogP contribution < -0.4 is 10.6 Å². The number of carbonyl (C=O) groups is 2. The van der Waals surface area contributed by atoms with Gasteiger partial charge in [-0.05, 0) is 56.2 Å². The molecule has 2 atom stereocenters. The van der Waals surface area contributed by atoms with Gasteiger partial charge in [0.25, 0.3) is 0 Å². The lowest BCUT2D eigenvalue weighted by molar-refractivity contribution is -0.129. The number of nitrogens with zero attached hydrogens (tertiary/aromatic N) is 2. The molecule has 3 rings (SSSR count). The summed E-state index contributed by atoms with van der Waals surface area (Å²) >= 11 is 0. The highest BCUT2D eigenvalue weighted by atomic mass is 32.2. The average molecular weight is 434 g/mol. The zero-order chi connectivity index (χ0) is 21.7. The van der Waals surface area contributed by atoms with Crippen LogP contribution in [0.15, 0.2) is 53.7 Å². The van der Waals surface area contributed by atoms with Crippen LogP contribution in [0, 0.1) is 11.7 Å². The molecular formula is C20H23FN4O4S. The summed E-state index contributed by atoms with van der Waals surface area (Å²) in [6.45, 7) is 1.84. The number of nitrogens with one attached hydrogen (secondary N) is 2. The second-order valence-corrected chi connectivity index (χ2v) is 9.06. The van der Waals surface area contributed by atoms with Crippen LogP contribution in [0.25, 0.3) is 0 Å². The third-order valence-electron chi connectivity index (χ3n) is 4.89. The molecule has 0 bridgehead atoms. The van der Waals surface area contributed by atoms with Crippen molar-refractivity contribution >= 4 is 27.5 Å². The Morgan fingerprint density at radius 1 is 1.23 bits per heavy atom. The van der Waals surface area contributed by atoms with Crippen LogP contribution in [0.5, 0.6) is 0 Å². The first-order chi connectivity index (χ1) is 14.3. The molecule has 0 aliphatic carbocycles. The summed E-state index contributed by atoms with van der Waals surface area (Å²) in [5.41, 5.74) is 0.512. The summed E-state index contributed by atoms with van der Waals surface area (Å²) in [7, 11) is -3.83. The van der Waals surface area contributed by atoms with E-state index in [1.807, 2.05) is 0 Å². The molecule has 8 nitrogen and oxygen atoms in total. The van der Waals surface area contributed by atoms with E-state index in [0.717, 1.165) is 12.1 Å². The number of hydrogen-bond donors (Lipinski definition) is 2. The summed E-state index contributed by atoms with van der Waals surface area (Å²) in [5, 5.41) is 5.30. The Kier molecular flexibility index (Phi) is 6.78. The Morgan fingerprint density at radius 3 is 2.63 bits per heavy atom. The van der Waals surface area contributed by atoms with Crippen molar-refractivity contribution in [2.75, 3.05) is 18.4 Å². The molecular weight excluding hydrogens is 411 g/mol. The van der Waals surface area contributed by atoms with Crippen molar-refractivity contribution in [1.29, 1.82) is 0 Å². The fraction of sp³-hybridized carbons (Fsp3) is 0.350. The van der Waals surface area contributed by atoms with Crippen LogP contribution in [0.4, 0.5) is 10.1 Å². The van der Waals surface area contributed by atoms with Crippen LogP contribution in [-0.2, 0) is 19.6 Å². The van der Waals surface area contributed by atoms with E-state index < -0.39 is 33.7 Å². The molecule has 2 N–H and O–H groups in total. The van der Waals surface area contributed by atoms with Gasteiger partial charge < -0.3 is 10.6 Å². The van der Waals surface area contributed by atoms with Crippen LogP contribution in [0.1, 0.15) is 19.8 Å². The Hall–Kier alpha value is -2.85. The van der Waals surface area contributed by atoms with Crippen molar-refractivity contribution in [1.82, 2.24) is 14.6 Å². The second-order valence-electron chi connectivity index (χ2n) is 7.12. The number of halogens is 1. The van der Waals surface area contributed by atoms with E-state index in [1.165, 1.54) is 22.6 Å². The SMILES string of the molecule is C[C@H](NC(=O)[C@H]1CCCN(S(=O)(=O)c2ccc(F)cc2)C1)C(=O)Nc1cccnc1. The minimum atomic E-state index is -3.83. The summed E-state index contributed by atoms with van der Waals surface area (Å²) in [5.74, 6) is -1.89. The van der Waals surface area contributed by atoms with E-state index in [-0.39, 0.29) is 23.9 Å². The van der Waals surface area contributed by atoms with Gasteiger partial charge in [-0.25, -0.2) is 12.8 Å². The molecule has 1 aromatic heterocycles. The molecule has 1 saturated heterocycles. The van der Waals surface area contributed by atoms with Crippen LogP contribution in [0.3, 0.4) is 0 Å². The molecule has 1 fully saturated rings. The highest BCUT2D eigenvalue weighted by molar-refractivity contribution is 7.89. The molecule has 1 aliphatic rings. The summed E-state index contributed by atoms with van der Waals surface area (Å²) < 4.78 is 39.9. The Balaban J connectivity index is 1.61. The van der Waals surface area contributed by atoms with E-state index in [4.69, 9.17) is 0 Å². The molecule has 10 heteroatoms.